The fourth-order valence-corrected chi connectivity index (χ4v) is 5.67. The fraction of sp³-hybridized carbons (Fsp3) is 0.583. The Morgan fingerprint density at radius 1 is 1.21 bits per heavy atom. The second-order valence-corrected chi connectivity index (χ2v) is 10.6. The van der Waals surface area contributed by atoms with Gasteiger partial charge in [-0.25, -0.2) is 18.7 Å². The molecule has 2 amide bonds. The maximum absolute atomic E-state index is 14.1. The Morgan fingerprint density at radius 2 is 1.95 bits per heavy atom. The number of carbonyl (C=O) groups is 2. The highest BCUT2D eigenvalue weighted by molar-refractivity contribution is 7.17. The monoisotopic (exact) mass is 561 g/mol. The van der Waals surface area contributed by atoms with Crippen molar-refractivity contribution in [2.75, 3.05) is 11.9 Å². The lowest BCUT2D eigenvalue weighted by Gasteiger charge is -2.21. The minimum absolute atomic E-state index is 0.0237. The van der Waals surface area contributed by atoms with E-state index in [1.54, 1.807) is 4.90 Å². The van der Waals surface area contributed by atoms with Gasteiger partial charge in [-0.05, 0) is 52.0 Å². The molecule has 3 heterocycles. The number of amides is 2. The van der Waals surface area contributed by atoms with Gasteiger partial charge in [-0.2, -0.15) is 13.2 Å². The Bertz CT molecular complexity index is 1190. The van der Waals surface area contributed by atoms with Crippen molar-refractivity contribution in [1.82, 2.24) is 20.2 Å². The average Bonchev–Trinajstić information content (AvgIpc) is 3.58. The lowest BCUT2D eigenvalue weighted by molar-refractivity contribution is -0.138. The van der Waals surface area contributed by atoms with Crippen molar-refractivity contribution in [1.29, 1.82) is 0 Å². The van der Waals surface area contributed by atoms with Crippen LogP contribution in [0.15, 0.2) is 12.3 Å². The molecule has 1 aliphatic carbocycles. The van der Waals surface area contributed by atoms with Crippen molar-refractivity contribution in [3.63, 3.8) is 0 Å². The van der Waals surface area contributed by atoms with Gasteiger partial charge in [0.25, 0.3) is 18.2 Å². The highest BCUT2D eigenvalue weighted by atomic mass is 32.1. The van der Waals surface area contributed by atoms with Crippen LogP contribution in [0.5, 0.6) is 0 Å². The van der Waals surface area contributed by atoms with Crippen molar-refractivity contribution in [2.24, 2.45) is 0 Å². The molecular weight excluding hydrogens is 533 g/mol. The molecule has 0 aromatic carbocycles. The van der Waals surface area contributed by atoms with Gasteiger partial charge >= 0.3 is 6.18 Å². The Balaban J connectivity index is 1.74. The number of hydrogen-bond acceptors (Lipinski definition) is 7. The van der Waals surface area contributed by atoms with Crippen molar-refractivity contribution in [3.8, 4) is 10.4 Å². The summed E-state index contributed by atoms with van der Waals surface area (Å²) >= 11 is 0.723. The standard InChI is InChI=1S/C24H28F5N5O3S/c1-11-5-4-8-34(11)23(37)18-19(38-22(33-18)21(36)32-15-6-3-7-16(15)35)14-10-30-17(9-13(14)20(25)26)31-12(2)24(27,28)29/h9-12,15-16,20,35H,3-8H2,1-2H3,(H,30,31)(H,32,36)/t11-,12-,15-,16-/m0/s1. The molecule has 0 unspecified atom stereocenters. The predicted molar refractivity (Wildman–Crippen MR) is 130 cm³/mol. The molecule has 8 nitrogen and oxygen atoms in total. The van der Waals surface area contributed by atoms with E-state index < -0.39 is 54.0 Å². The highest BCUT2D eigenvalue weighted by Crippen LogP contribution is 2.39. The number of aromatic nitrogens is 2. The van der Waals surface area contributed by atoms with Crippen LogP contribution in [-0.4, -0.2) is 68.7 Å². The number of anilines is 1. The van der Waals surface area contributed by atoms with E-state index >= 15 is 0 Å². The summed E-state index contributed by atoms with van der Waals surface area (Å²) in [5.41, 5.74) is -1.05. The van der Waals surface area contributed by atoms with E-state index in [-0.39, 0.29) is 27.2 Å². The number of halogens is 5. The first-order valence-corrected chi connectivity index (χ1v) is 13.1. The zero-order chi connectivity index (χ0) is 27.8. The summed E-state index contributed by atoms with van der Waals surface area (Å²) in [5, 5.41) is 14.7. The van der Waals surface area contributed by atoms with Crippen molar-refractivity contribution in [2.45, 2.75) is 82.8 Å². The highest BCUT2D eigenvalue weighted by Gasteiger charge is 2.37. The van der Waals surface area contributed by atoms with Crippen LogP contribution in [0.25, 0.3) is 10.4 Å². The molecule has 4 rings (SSSR count). The number of rotatable bonds is 7. The molecule has 1 aliphatic heterocycles. The third kappa shape index (κ3) is 5.90. The number of aliphatic hydroxyl groups is 1. The van der Waals surface area contributed by atoms with E-state index in [1.165, 1.54) is 0 Å². The number of pyridine rings is 1. The van der Waals surface area contributed by atoms with Crippen LogP contribution in [0.3, 0.4) is 0 Å². The quantitative estimate of drug-likeness (QED) is 0.421. The van der Waals surface area contributed by atoms with E-state index in [9.17, 15) is 36.6 Å². The smallest absolute Gasteiger partial charge is 0.391 e. The first-order valence-electron chi connectivity index (χ1n) is 12.3. The summed E-state index contributed by atoms with van der Waals surface area (Å²) in [6, 6.07) is -1.84. The Kier molecular flexibility index (Phi) is 8.21. The molecular formula is C24H28F5N5O3S. The molecule has 14 heteroatoms. The van der Waals surface area contributed by atoms with Gasteiger partial charge in [0.05, 0.1) is 17.0 Å². The van der Waals surface area contributed by atoms with E-state index in [4.69, 9.17) is 0 Å². The number of alkyl halides is 5. The second-order valence-electron chi connectivity index (χ2n) is 9.63. The molecule has 2 aromatic rings. The Morgan fingerprint density at radius 3 is 2.53 bits per heavy atom. The van der Waals surface area contributed by atoms with Gasteiger partial charge in [-0.1, -0.05) is 0 Å². The van der Waals surface area contributed by atoms with Gasteiger partial charge in [-0.15, -0.1) is 11.3 Å². The van der Waals surface area contributed by atoms with Gasteiger partial charge in [0.15, 0.2) is 5.01 Å². The van der Waals surface area contributed by atoms with Crippen LogP contribution < -0.4 is 10.6 Å². The molecule has 2 aromatic heterocycles. The zero-order valence-electron chi connectivity index (χ0n) is 20.7. The van der Waals surface area contributed by atoms with Crippen LogP contribution in [0, 0.1) is 0 Å². The van der Waals surface area contributed by atoms with Gasteiger partial charge in [0.2, 0.25) is 0 Å². The summed E-state index contributed by atoms with van der Waals surface area (Å²) in [6.45, 7) is 3.12. The molecule has 0 radical (unpaired) electrons. The first kappa shape index (κ1) is 28.1. The number of likely N-dealkylation sites (tertiary alicyclic amines) is 1. The fourth-order valence-electron chi connectivity index (χ4n) is 4.68. The predicted octanol–water partition coefficient (Wildman–Crippen LogP) is 4.77. The van der Waals surface area contributed by atoms with Crippen molar-refractivity contribution < 1.29 is 36.6 Å². The van der Waals surface area contributed by atoms with Gasteiger partial charge in [0, 0.05) is 29.9 Å². The zero-order valence-corrected chi connectivity index (χ0v) is 21.5. The molecule has 0 spiro atoms. The molecule has 38 heavy (non-hydrogen) atoms. The number of nitrogens with zero attached hydrogens (tertiary/aromatic N) is 3. The molecule has 3 N–H and O–H groups in total. The number of thiazole rings is 1. The largest absolute Gasteiger partial charge is 0.408 e. The molecule has 1 saturated heterocycles. The van der Waals surface area contributed by atoms with Gasteiger partial charge in [-0.3, -0.25) is 9.59 Å². The molecule has 2 fully saturated rings. The Labute approximate surface area is 219 Å². The summed E-state index contributed by atoms with van der Waals surface area (Å²) in [7, 11) is 0. The van der Waals surface area contributed by atoms with Gasteiger partial charge < -0.3 is 20.6 Å². The lowest BCUT2D eigenvalue weighted by atomic mass is 10.1. The van der Waals surface area contributed by atoms with Crippen molar-refractivity contribution >= 4 is 29.0 Å². The lowest BCUT2D eigenvalue weighted by Crippen LogP contribution is -2.40. The molecule has 4 atom stereocenters. The van der Waals surface area contributed by atoms with Gasteiger partial charge in [0.1, 0.15) is 17.6 Å². The normalized spacial score (nSPS) is 22.7. The number of carbonyl (C=O) groups excluding carboxylic acids is 2. The summed E-state index contributed by atoms with van der Waals surface area (Å²) in [6.07, 6.45) is -4.18. The summed E-state index contributed by atoms with van der Waals surface area (Å²) in [5.74, 6) is -1.60. The van der Waals surface area contributed by atoms with E-state index in [1.807, 2.05) is 6.92 Å². The summed E-state index contributed by atoms with van der Waals surface area (Å²) in [4.78, 5) is 36.1. The van der Waals surface area contributed by atoms with Crippen LogP contribution >= 0.6 is 11.3 Å². The first-order chi connectivity index (χ1) is 17.9. The van der Waals surface area contributed by atoms with Crippen LogP contribution in [0.1, 0.15) is 78.2 Å². The third-order valence-corrected chi connectivity index (χ3v) is 7.99. The van der Waals surface area contributed by atoms with Crippen LogP contribution in [-0.2, 0) is 0 Å². The minimum Gasteiger partial charge on any atom is -0.391 e. The van der Waals surface area contributed by atoms with Crippen LogP contribution in [0.2, 0.25) is 0 Å². The molecule has 208 valence electrons. The van der Waals surface area contributed by atoms with E-state index in [0.717, 1.165) is 49.8 Å². The second kappa shape index (κ2) is 11.1. The number of nitrogens with one attached hydrogen (secondary N) is 2. The van der Waals surface area contributed by atoms with E-state index in [2.05, 4.69) is 20.6 Å². The summed E-state index contributed by atoms with van der Waals surface area (Å²) < 4.78 is 67.2. The number of aliphatic hydroxyl groups excluding tert-OH is 1. The maximum Gasteiger partial charge on any atom is 0.408 e. The SMILES string of the molecule is C[C@H](Nc1cc(C(F)F)c(-c2sc(C(=O)N[C@H]3CCC[C@@H]3O)nc2C(=O)N2CCC[C@@H]2C)cn1)C(F)(F)F. The van der Waals surface area contributed by atoms with E-state index in [0.29, 0.717) is 19.4 Å². The number of hydrogen-bond donors (Lipinski definition) is 3. The minimum atomic E-state index is -4.62. The van der Waals surface area contributed by atoms with Crippen LogP contribution in [0.4, 0.5) is 27.8 Å². The van der Waals surface area contributed by atoms with Crippen molar-refractivity contribution in [3.05, 3.63) is 28.5 Å². The topological polar surface area (TPSA) is 107 Å². The molecule has 2 aliphatic rings. The average molecular weight is 562 g/mol. The molecule has 1 saturated carbocycles. The maximum atomic E-state index is 14.1. The Hall–Kier alpha value is -2.87. The third-order valence-electron chi connectivity index (χ3n) is 6.90. The molecule has 0 bridgehead atoms.